The average molecular weight is 631 g/mol. The molecule has 40 heavy (non-hydrogen) atoms. The molecule has 0 spiro atoms. The zero-order valence-corrected chi connectivity index (χ0v) is 24.8. The van der Waals surface area contributed by atoms with E-state index >= 15 is 0 Å². The Morgan fingerprint density at radius 3 is 2.40 bits per heavy atom. The lowest BCUT2D eigenvalue weighted by Gasteiger charge is -2.31. The van der Waals surface area contributed by atoms with E-state index in [0.29, 0.717) is 23.6 Å². The van der Waals surface area contributed by atoms with Gasteiger partial charge in [0.2, 0.25) is 28.6 Å². The Morgan fingerprint density at radius 2 is 1.70 bits per heavy atom. The first-order chi connectivity index (χ1) is 19.2. The molecule has 4 rings (SSSR count). The Hall–Kier alpha value is -3.57. The average Bonchev–Trinajstić information content (AvgIpc) is 3.40. The summed E-state index contributed by atoms with van der Waals surface area (Å²) < 4.78 is 38.2. The summed E-state index contributed by atoms with van der Waals surface area (Å²) >= 11 is 3.48. The van der Waals surface area contributed by atoms with Crippen LogP contribution in [0.1, 0.15) is 24.0 Å². The van der Waals surface area contributed by atoms with Gasteiger partial charge in [0.05, 0.1) is 11.9 Å². The topological polar surface area (TPSA) is 105 Å². The van der Waals surface area contributed by atoms with Gasteiger partial charge in [-0.1, -0.05) is 58.4 Å². The second kappa shape index (κ2) is 13.2. The predicted octanol–water partition coefficient (Wildman–Crippen LogP) is 4.11. The van der Waals surface area contributed by atoms with Crippen molar-refractivity contribution in [2.24, 2.45) is 0 Å². The minimum Gasteiger partial charge on any atom is -0.454 e. The summed E-state index contributed by atoms with van der Waals surface area (Å²) in [5.41, 5.74) is 2.22. The molecule has 0 aliphatic carbocycles. The number of hydrogen-bond acceptors (Lipinski definition) is 6. The number of sulfonamides is 1. The minimum atomic E-state index is -3.64. The lowest BCUT2D eigenvalue weighted by molar-refractivity contribution is -0.141. The predicted molar refractivity (Wildman–Crippen MR) is 157 cm³/mol. The van der Waals surface area contributed by atoms with E-state index in [1.165, 1.54) is 4.31 Å². The number of halogens is 1. The van der Waals surface area contributed by atoms with Gasteiger partial charge < -0.3 is 19.7 Å². The van der Waals surface area contributed by atoms with Crippen molar-refractivity contribution >= 4 is 43.5 Å². The Balaban J connectivity index is 1.55. The van der Waals surface area contributed by atoms with E-state index in [9.17, 15) is 18.0 Å². The first-order valence-corrected chi connectivity index (χ1v) is 15.5. The number of carbonyl (C=O) groups is 2. The molecule has 1 aliphatic rings. The maximum absolute atomic E-state index is 13.7. The molecule has 3 aromatic carbocycles. The molecule has 9 nitrogen and oxygen atoms in total. The van der Waals surface area contributed by atoms with E-state index in [4.69, 9.17) is 9.47 Å². The minimum absolute atomic E-state index is 0.0485. The van der Waals surface area contributed by atoms with Gasteiger partial charge >= 0.3 is 0 Å². The summed E-state index contributed by atoms with van der Waals surface area (Å²) in [6, 6.07) is 21.3. The summed E-state index contributed by atoms with van der Waals surface area (Å²) in [5, 5.41) is 2.70. The van der Waals surface area contributed by atoms with E-state index in [2.05, 4.69) is 21.2 Å². The Labute approximate surface area is 243 Å². The van der Waals surface area contributed by atoms with E-state index in [-0.39, 0.29) is 44.5 Å². The number of benzene rings is 3. The summed E-state index contributed by atoms with van der Waals surface area (Å²) in [4.78, 5) is 28.4. The molecule has 212 valence electrons. The van der Waals surface area contributed by atoms with Gasteiger partial charge in [0, 0.05) is 43.5 Å². The summed E-state index contributed by atoms with van der Waals surface area (Å²) in [7, 11) is -2.09. The molecule has 0 radical (unpaired) electrons. The largest absolute Gasteiger partial charge is 0.454 e. The fourth-order valence-corrected chi connectivity index (χ4v) is 6.00. The molecular weight excluding hydrogens is 598 g/mol. The lowest BCUT2D eigenvalue weighted by Crippen LogP contribution is -2.49. The number of ether oxygens (including phenoxy) is 2. The monoisotopic (exact) mass is 629 g/mol. The molecule has 11 heteroatoms. The number of hydrogen-bond donors (Lipinski definition) is 1. The molecule has 0 bridgehead atoms. The van der Waals surface area contributed by atoms with Crippen LogP contribution >= 0.6 is 15.9 Å². The number of anilines is 1. The quantitative estimate of drug-likeness (QED) is 0.323. The van der Waals surface area contributed by atoms with Crippen LogP contribution in [0.15, 0.2) is 77.3 Å². The van der Waals surface area contributed by atoms with Gasteiger partial charge in [0.25, 0.3) is 0 Å². The molecule has 1 aliphatic heterocycles. The summed E-state index contributed by atoms with van der Waals surface area (Å²) in [6.45, 7) is 0.384. The van der Waals surface area contributed by atoms with E-state index in [0.717, 1.165) is 21.9 Å². The molecule has 1 atom stereocenters. The highest BCUT2D eigenvalue weighted by atomic mass is 79.9. The Kier molecular flexibility index (Phi) is 9.70. The van der Waals surface area contributed by atoms with Crippen LogP contribution in [0, 0.1) is 0 Å². The van der Waals surface area contributed by atoms with Crippen LogP contribution < -0.4 is 19.1 Å². The number of amides is 2. The molecule has 0 fully saturated rings. The molecule has 0 aromatic heterocycles. The van der Waals surface area contributed by atoms with Crippen LogP contribution in [0.25, 0.3) is 0 Å². The van der Waals surface area contributed by atoms with E-state index < -0.39 is 16.1 Å². The number of carbonyl (C=O) groups excluding carboxylic acids is 2. The smallest absolute Gasteiger partial charge is 0.242 e. The number of fused-ring (bicyclic) bond motifs is 1. The van der Waals surface area contributed by atoms with Gasteiger partial charge in [0.1, 0.15) is 6.04 Å². The fraction of sp³-hybridized carbons (Fsp3) is 0.310. The van der Waals surface area contributed by atoms with Gasteiger partial charge in [-0.25, -0.2) is 8.42 Å². The van der Waals surface area contributed by atoms with Gasteiger partial charge in [-0.2, -0.15) is 0 Å². The molecule has 0 saturated carbocycles. The number of likely N-dealkylation sites (N-methyl/N-ethyl adjacent to an activating group) is 1. The van der Waals surface area contributed by atoms with Crippen LogP contribution in [-0.2, 0) is 32.6 Å². The maximum Gasteiger partial charge on any atom is 0.242 e. The van der Waals surface area contributed by atoms with Crippen LogP contribution in [0.5, 0.6) is 11.5 Å². The van der Waals surface area contributed by atoms with Crippen molar-refractivity contribution in [3.05, 3.63) is 88.4 Å². The van der Waals surface area contributed by atoms with Crippen molar-refractivity contribution in [3.8, 4) is 11.5 Å². The highest BCUT2D eigenvalue weighted by Crippen LogP contribution is 2.36. The van der Waals surface area contributed by atoms with E-state index in [1.54, 1.807) is 30.1 Å². The third kappa shape index (κ3) is 7.54. The van der Waals surface area contributed by atoms with Gasteiger partial charge in [-0.05, 0) is 41.8 Å². The van der Waals surface area contributed by atoms with Gasteiger partial charge in [-0.15, -0.1) is 0 Å². The van der Waals surface area contributed by atoms with Crippen LogP contribution in [0.3, 0.4) is 0 Å². The zero-order valence-electron chi connectivity index (χ0n) is 22.4. The van der Waals surface area contributed by atoms with Crippen molar-refractivity contribution in [2.75, 3.05) is 30.9 Å². The first-order valence-electron chi connectivity index (χ1n) is 12.8. The third-order valence-corrected chi connectivity index (χ3v) is 8.24. The van der Waals surface area contributed by atoms with Crippen molar-refractivity contribution < 1.29 is 27.5 Å². The van der Waals surface area contributed by atoms with Gasteiger partial charge in [0.15, 0.2) is 11.5 Å². The van der Waals surface area contributed by atoms with Crippen LogP contribution in [0.4, 0.5) is 5.69 Å². The molecular formula is C29H32BrN3O6S. The Morgan fingerprint density at radius 1 is 0.975 bits per heavy atom. The first kappa shape index (κ1) is 29.4. The molecule has 3 aromatic rings. The van der Waals surface area contributed by atoms with Crippen molar-refractivity contribution in [1.29, 1.82) is 0 Å². The number of rotatable bonds is 12. The van der Waals surface area contributed by atoms with Crippen LogP contribution in [-0.4, -0.2) is 57.8 Å². The van der Waals surface area contributed by atoms with Crippen LogP contribution in [0.2, 0.25) is 0 Å². The van der Waals surface area contributed by atoms with Crippen molar-refractivity contribution in [3.63, 3.8) is 0 Å². The highest BCUT2D eigenvalue weighted by Gasteiger charge is 2.30. The fourth-order valence-electron chi connectivity index (χ4n) is 4.60. The molecule has 0 saturated heterocycles. The SMILES string of the molecule is CNC(=O)C(Cc1ccccc1)N(Cc1cccc(Br)c1)C(=O)CCCN(c1ccc2c(c1)OCO2)S(C)(=O)=O. The van der Waals surface area contributed by atoms with Crippen molar-refractivity contribution in [1.82, 2.24) is 10.2 Å². The maximum atomic E-state index is 13.7. The number of nitrogens with one attached hydrogen (secondary N) is 1. The van der Waals surface area contributed by atoms with Gasteiger partial charge in [-0.3, -0.25) is 13.9 Å². The normalized spacial score (nSPS) is 13.0. The molecule has 1 heterocycles. The second-order valence-electron chi connectivity index (χ2n) is 9.45. The Bertz CT molecular complexity index is 1450. The lowest BCUT2D eigenvalue weighted by atomic mass is 10.0. The highest BCUT2D eigenvalue weighted by molar-refractivity contribution is 9.10. The second-order valence-corrected chi connectivity index (χ2v) is 12.3. The third-order valence-electron chi connectivity index (χ3n) is 6.56. The summed E-state index contributed by atoms with van der Waals surface area (Å²) in [5.74, 6) is 0.500. The number of nitrogens with zero attached hydrogens (tertiary/aromatic N) is 2. The molecule has 1 N–H and O–H groups in total. The van der Waals surface area contributed by atoms with E-state index in [1.807, 2.05) is 54.6 Å². The molecule has 1 unspecified atom stereocenters. The molecule has 2 amide bonds. The standard InChI is InChI=1S/C29H32BrN3O6S/c1-31-29(35)25(17-21-8-4-3-5-9-21)32(19-22-10-6-11-23(30)16-22)28(34)12-7-15-33(40(2,36)37)24-13-14-26-27(18-24)39-20-38-26/h3-6,8-11,13-14,16,18,25H,7,12,15,17,19-20H2,1-2H3,(H,31,35). The van der Waals surface area contributed by atoms with Crippen molar-refractivity contribution in [2.45, 2.75) is 31.8 Å². The zero-order chi connectivity index (χ0) is 28.7. The summed E-state index contributed by atoms with van der Waals surface area (Å²) in [6.07, 6.45) is 1.77.